The predicted octanol–water partition coefficient (Wildman–Crippen LogP) is -0.0970. The van der Waals surface area contributed by atoms with E-state index in [2.05, 4.69) is 16.5 Å². The minimum absolute atomic E-state index is 0.344. The van der Waals surface area contributed by atoms with Crippen LogP contribution in [-0.2, 0) is 4.65 Å². The lowest BCUT2D eigenvalue weighted by atomic mass is 10.1. The first kappa shape index (κ1) is 10.6. The number of terminal acetylenes is 2. The minimum Gasteiger partial charge on any atom is -0.518 e. The van der Waals surface area contributed by atoms with Crippen molar-refractivity contribution in [2.75, 3.05) is 0 Å². The van der Waals surface area contributed by atoms with Gasteiger partial charge in [0.05, 0.1) is 6.26 Å². The molecule has 0 aromatic carbocycles. The molecule has 0 fully saturated rings. The Morgan fingerprint density at radius 3 is 2.17 bits per heavy atom. The largest absolute Gasteiger partial charge is 0.707 e. The second-order valence-corrected chi connectivity index (χ2v) is 2.00. The molecule has 0 bridgehead atoms. The molecular formula is C8H9BO3. The average molecular weight is 164 g/mol. The zero-order valence-electron chi connectivity index (χ0n) is 6.53. The fourth-order valence-corrected chi connectivity index (χ4v) is 0.565. The third kappa shape index (κ3) is 5.43. The number of hydrogen-bond donors (Lipinski definition) is 2. The Bertz CT molecular complexity index is 214. The van der Waals surface area contributed by atoms with Crippen LogP contribution in [0.5, 0.6) is 0 Å². The van der Waals surface area contributed by atoms with Gasteiger partial charge < -0.3 is 14.7 Å². The summed E-state index contributed by atoms with van der Waals surface area (Å²) >= 11 is 0. The molecule has 0 aliphatic carbocycles. The van der Waals surface area contributed by atoms with E-state index in [0.29, 0.717) is 18.4 Å². The summed E-state index contributed by atoms with van der Waals surface area (Å²) in [6.07, 6.45) is 11.9. The highest BCUT2D eigenvalue weighted by Gasteiger charge is 2.07. The lowest BCUT2D eigenvalue weighted by Gasteiger charge is -2.00. The lowest BCUT2D eigenvalue weighted by Crippen LogP contribution is -2.13. The molecule has 0 aromatic heterocycles. The summed E-state index contributed by atoms with van der Waals surface area (Å²) < 4.78 is 4.37. The molecule has 62 valence electrons. The van der Waals surface area contributed by atoms with E-state index in [1.54, 1.807) is 0 Å². The third-order valence-electron chi connectivity index (χ3n) is 1.01. The maximum atomic E-state index is 8.32. The van der Waals surface area contributed by atoms with E-state index < -0.39 is 7.32 Å². The Kier molecular flexibility index (Phi) is 5.64. The van der Waals surface area contributed by atoms with Crippen LogP contribution < -0.4 is 0 Å². The molecule has 12 heavy (non-hydrogen) atoms. The van der Waals surface area contributed by atoms with Crippen molar-refractivity contribution < 1.29 is 14.7 Å². The van der Waals surface area contributed by atoms with Gasteiger partial charge in [-0.25, -0.2) is 0 Å². The maximum Gasteiger partial charge on any atom is 0.707 e. The van der Waals surface area contributed by atoms with Crippen LogP contribution in [0.1, 0.15) is 12.8 Å². The van der Waals surface area contributed by atoms with E-state index in [4.69, 9.17) is 22.9 Å². The van der Waals surface area contributed by atoms with Gasteiger partial charge in [0.15, 0.2) is 0 Å². The van der Waals surface area contributed by atoms with Gasteiger partial charge in [-0.05, 0) is 5.57 Å². The van der Waals surface area contributed by atoms with Crippen LogP contribution in [0, 0.1) is 24.7 Å². The molecule has 3 nitrogen and oxygen atoms in total. The summed E-state index contributed by atoms with van der Waals surface area (Å²) in [5.41, 5.74) is 0.660. The zero-order chi connectivity index (χ0) is 9.40. The molecule has 0 spiro atoms. The molecule has 0 saturated heterocycles. The fraction of sp³-hybridized carbons (Fsp3) is 0.250. The van der Waals surface area contributed by atoms with Gasteiger partial charge in [-0.15, -0.1) is 24.7 Å². The van der Waals surface area contributed by atoms with Crippen LogP contribution in [0.25, 0.3) is 0 Å². The number of hydrogen-bond acceptors (Lipinski definition) is 3. The molecule has 0 aliphatic heterocycles. The van der Waals surface area contributed by atoms with E-state index in [0.717, 1.165) is 0 Å². The summed E-state index contributed by atoms with van der Waals surface area (Å²) in [6.45, 7) is 0. The molecule has 2 N–H and O–H groups in total. The zero-order valence-corrected chi connectivity index (χ0v) is 6.53. The smallest absolute Gasteiger partial charge is 0.518 e. The first-order chi connectivity index (χ1) is 5.70. The SMILES string of the molecule is C#CCC(=COB(O)O)CC#C. The van der Waals surface area contributed by atoms with Crippen molar-refractivity contribution in [3.8, 4) is 24.7 Å². The van der Waals surface area contributed by atoms with Gasteiger partial charge in [0.2, 0.25) is 0 Å². The summed E-state index contributed by atoms with van der Waals surface area (Å²) in [5.74, 6) is 4.74. The van der Waals surface area contributed by atoms with Crippen molar-refractivity contribution in [1.29, 1.82) is 0 Å². The normalized spacial score (nSPS) is 7.67. The van der Waals surface area contributed by atoms with Crippen LogP contribution in [0.3, 0.4) is 0 Å². The van der Waals surface area contributed by atoms with Crippen LogP contribution >= 0.6 is 0 Å². The molecule has 0 amide bonds. The molecule has 0 heterocycles. The highest BCUT2D eigenvalue weighted by Crippen LogP contribution is 2.04. The lowest BCUT2D eigenvalue weighted by molar-refractivity contribution is 0.255. The second kappa shape index (κ2) is 6.36. The van der Waals surface area contributed by atoms with Gasteiger partial charge in [0, 0.05) is 12.8 Å². The van der Waals surface area contributed by atoms with Crippen LogP contribution in [0.4, 0.5) is 0 Å². The Labute approximate surface area is 72.2 Å². The van der Waals surface area contributed by atoms with E-state index in [-0.39, 0.29) is 0 Å². The van der Waals surface area contributed by atoms with Gasteiger partial charge in [0.25, 0.3) is 0 Å². The maximum absolute atomic E-state index is 8.32. The molecule has 4 heteroatoms. The Morgan fingerprint density at radius 1 is 1.33 bits per heavy atom. The standard InChI is InChI=1S/C8H9BO3/c1-3-5-8(6-4-2)7-12-9(10)11/h1-2,7,10-11H,5-6H2. The van der Waals surface area contributed by atoms with E-state index >= 15 is 0 Å². The monoisotopic (exact) mass is 164 g/mol. The molecule has 0 radical (unpaired) electrons. The van der Waals surface area contributed by atoms with Gasteiger partial charge >= 0.3 is 7.32 Å². The summed E-state index contributed by atoms with van der Waals surface area (Å²) in [7, 11) is -1.82. The number of rotatable bonds is 4. The van der Waals surface area contributed by atoms with Crippen molar-refractivity contribution in [2.45, 2.75) is 12.8 Å². The molecule has 0 aliphatic rings. The molecule has 0 rings (SSSR count). The van der Waals surface area contributed by atoms with Crippen molar-refractivity contribution >= 4 is 7.32 Å². The van der Waals surface area contributed by atoms with Gasteiger partial charge in [0.1, 0.15) is 0 Å². The van der Waals surface area contributed by atoms with E-state index in [9.17, 15) is 0 Å². The summed E-state index contributed by atoms with van der Waals surface area (Å²) in [4.78, 5) is 0. The first-order valence-electron chi connectivity index (χ1n) is 3.27. The molecule has 0 saturated carbocycles. The van der Waals surface area contributed by atoms with Gasteiger partial charge in [-0.1, -0.05) is 0 Å². The molecule has 0 unspecified atom stereocenters. The highest BCUT2D eigenvalue weighted by atomic mass is 16.6. The predicted molar refractivity (Wildman–Crippen MR) is 46.3 cm³/mol. The van der Waals surface area contributed by atoms with Crippen molar-refractivity contribution in [1.82, 2.24) is 0 Å². The Hall–Kier alpha value is -1.36. The second-order valence-electron chi connectivity index (χ2n) is 2.00. The van der Waals surface area contributed by atoms with E-state index in [1.807, 2.05) is 0 Å². The van der Waals surface area contributed by atoms with Gasteiger partial charge in [-0.2, -0.15) is 0 Å². The van der Waals surface area contributed by atoms with Crippen LogP contribution in [-0.4, -0.2) is 17.4 Å². The van der Waals surface area contributed by atoms with E-state index in [1.165, 1.54) is 6.26 Å². The van der Waals surface area contributed by atoms with Crippen molar-refractivity contribution in [3.05, 3.63) is 11.8 Å². The Morgan fingerprint density at radius 2 is 1.83 bits per heavy atom. The fourth-order valence-electron chi connectivity index (χ4n) is 0.565. The average Bonchev–Trinajstić information content (AvgIpc) is 2.01. The molecule has 0 atom stereocenters. The minimum atomic E-state index is -1.82. The summed E-state index contributed by atoms with van der Waals surface area (Å²) in [5, 5.41) is 16.6. The topological polar surface area (TPSA) is 49.7 Å². The van der Waals surface area contributed by atoms with Gasteiger partial charge in [-0.3, -0.25) is 0 Å². The Balaban J connectivity index is 4.02. The van der Waals surface area contributed by atoms with Crippen molar-refractivity contribution in [3.63, 3.8) is 0 Å². The van der Waals surface area contributed by atoms with Crippen LogP contribution in [0.2, 0.25) is 0 Å². The number of allylic oxidation sites excluding steroid dienone is 1. The van der Waals surface area contributed by atoms with Crippen LogP contribution in [0.15, 0.2) is 11.8 Å². The molecular weight excluding hydrogens is 155 g/mol. The third-order valence-corrected chi connectivity index (χ3v) is 1.01. The quantitative estimate of drug-likeness (QED) is 0.346. The highest BCUT2D eigenvalue weighted by molar-refractivity contribution is 6.32. The first-order valence-corrected chi connectivity index (χ1v) is 3.27. The summed E-state index contributed by atoms with van der Waals surface area (Å²) in [6, 6.07) is 0. The van der Waals surface area contributed by atoms with Crippen molar-refractivity contribution in [2.24, 2.45) is 0 Å². The molecule has 0 aromatic rings.